The fourth-order valence-electron chi connectivity index (χ4n) is 1.73. The Morgan fingerprint density at radius 2 is 1.88 bits per heavy atom. The second kappa shape index (κ2) is 4.66. The number of nitrogens with one attached hydrogen (secondary N) is 1. The van der Waals surface area contributed by atoms with Gasteiger partial charge in [-0.3, -0.25) is 4.79 Å². The Morgan fingerprint density at radius 3 is 2.62 bits per heavy atom. The Bertz CT molecular complexity index is 536. The zero-order valence-electron chi connectivity index (χ0n) is 8.96. The maximum atomic E-state index is 11.8. The molecular formula is C13H12BrNO. The average Bonchev–Trinajstić information content (AvgIpc) is 2.29. The van der Waals surface area contributed by atoms with Gasteiger partial charge in [0.15, 0.2) is 0 Å². The quantitative estimate of drug-likeness (QED) is 0.896. The predicted octanol–water partition coefficient (Wildman–Crippen LogP) is 3.35. The number of hydrogen-bond donors (Lipinski definition) is 1. The first-order valence-electron chi connectivity index (χ1n) is 5.19. The molecule has 0 saturated carbocycles. The maximum Gasteiger partial charge on any atom is 0.251 e. The van der Waals surface area contributed by atoms with Crippen molar-refractivity contribution in [2.45, 2.75) is 6.92 Å². The van der Waals surface area contributed by atoms with Crippen molar-refractivity contribution in [2.24, 2.45) is 0 Å². The van der Waals surface area contributed by atoms with E-state index >= 15 is 0 Å². The van der Waals surface area contributed by atoms with Gasteiger partial charge >= 0.3 is 0 Å². The number of benzene rings is 2. The molecule has 2 aromatic carbocycles. The summed E-state index contributed by atoms with van der Waals surface area (Å²) in [6, 6.07) is 11.6. The van der Waals surface area contributed by atoms with E-state index in [1.807, 2.05) is 43.3 Å². The van der Waals surface area contributed by atoms with Gasteiger partial charge in [0, 0.05) is 16.6 Å². The molecule has 3 heteroatoms. The summed E-state index contributed by atoms with van der Waals surface area (Å²) in [6.45, 7) is 2.56. The molecule has 82 valence electrons. The number of hydrogen-bond acceptors (Lipinski definition) is 1. The van der Waals surface area contributed by atoms with Gasteiger partial charge in [0.25, 0.3) is 5.91 Å². The Morgan fingerprint density at radius 1 is 1.19 bits per heavy atom. The highest BCUT2D eigenvalue weighted by Gasteiger charge is 2.09. The molecule has 0 saturated heterocycles. The normalized spacial score (nSPS) is 10.4. The van der Waals surface area contributed by atoms with Crippen LogP contribution < -0.4 is 5.32 Å². The van der Waals surface area contributed by atoms with Crippen LogP contribution in [-0.4, -0.2) is 12.5 Å². The van der Waals surface area contributed by atoms with Crippen LogP contribution in [0.2, 0.25) is 0 Å². The second-order valence-electron chi connectivity index (χ2n) is 3.50. The van der Waals surface area contributed by atoms with Gasteiger partial charge in [-0.15, -0.1) is 0 Å². The van der Waals surface area contributed by atoms with Crippen LogP contribution in [0.15, 0.2) is 40.9 Å². The van der Waals surface area contributed by atoms with Gasteiger partial charge in [0.05, 0.1) is 0 Å². The minimum atomic E-state index is -0.0220. The summed E-state index contributed by atoms with van der Waals surface area (Å²) in [7, 11) is 0. The summed E-state index contributed by atoms with van der Waals surface area (Å²) in [5.74, 6) is -0.0220. The minimum absolute atomic E-state index is 0.0220. The second-order valence-corrected chi connectivity index (χ2v) is 4.35. The number of carbonyl (C=O) groups is 1. The summed E-state index contributed by atoms with van der Waals surface area (Å²) >= 11 is 3.49. The Labute approximate surface area is 103 Å². The van der Waals surface area contributed by atoms with Gasteiger partial charge in [-0.1, -0.05) is 40.2 Å². The summed E-state index contributed by atoms with van der Waals surface area (Å²) in [5.41, 5.74) is 0.723. The Kier molecular flexibility index (Phi) is 3.25. The summed E-state index contributed by atoms with van der Waals surface area (Å²) in [4.78, 5) is 11.8. The molecule has 1 N–H and O–H groups in total. The molecule has 0 fully saturated rings. The van der Waals surface area contributed by atoms with E-state index in [0.29, 0.717) is 6.54 Å². The highest BCUT2D eigenvalue weighted by Crippen LogP contribution is 2.26. The topological polar surface area (TPSA) is 29.1 Å². The number of rotatable bonds is 2. The van der Waals surface area contributed by atoms with Crippen LogP contribution in [0.5, 0.6) is 0 Å². The molecule has 0 aliphatic rings. The first-order valence-corrected chi connectivity index (χ1v) is 5.98. The van der Waals surface area contributed by atoms with Gasteiger partial charge in [0.2, 0.25) is 0 Å². The molecule has 0 heterocycles. The van der Waals surface area contributed by atoms with Gasteiger partial charge in [-0.05, 0) is 29.8 Å². The fraction of sp³-hybridized carbons (Fsp3) is 0.154. The summed E-state index contributed by atoms with van der Waals surface area (Å²) in [5, 5.41) is 4.86. The smallest absolute Gasteiger partial charge is 0.251 e. The molecule has 0 atom stereocenters. The van der Waals surface area contributed by atoms with E-state index in [-0.39, 0.29) is 5.91 Å². The molecule has 2 aromatic rings. The van der Waals surface area contributed by atoms with Crippen LogP contribution in [0.4, 0.5) is 0 Å². The lowest BCUT2D eigenvalue weighted by molar-refractivity contribution is 0.0957. The van der Waals surface area contributed by atoms with Crippen molar-refractivity contribution in [1.82, 2.24) is 5.32 Å². The van der Waals surface area contributed by atoms with E-state index in [9.17, 15) is 4.79 Å². The van der Waals surface area contributed by atoms with Crippen molar-refractivity contribution in [3.05, 3.63) is 46.4 Å². The third-order valence-corrected chi connectivity index (χ3v) is 3.14. The van der Waals surface area contributed by atoms with Gasteiger partial charge in [-0.25, -0.2) is 0 Å². The largest absolute Gasteiger partial charge is 0.352 e. The van der Waals surface area contributed by atoms with Crippen molar-refractivity contribution in [1.29, 1.82) is 0 Å². The number of amides is 1. The third-order valence-electron chi connectivity index (χ3n) is 2.45. The van der Waals surface area contributed by atoms with E-state index in [4.69, 9.17) is 0 Å². The van der Waals surface area contributed by atoms with Crippen LogP contribution in [0.1, 0.15) is 17.3 Å². The number of carbonyl (C=O) groups excluding carboxylic acids is 1. The van der Waals surface area contributed by atoms with Crippen molar-refractivity contribution >= 4 is 32.6 Å². The van der Waals surface area contributed by atoms with Crippen molar-refractivity contribution in [2.75, 3.05) is 6.54 Å². The van der Waals surface area contributed by atoms with Gasteiger partial charge in [0.1, 0.15) is 0 Å². The molecule has 0 radical (unpaired) electrons. The molecule has 0 unspecified atom stereocenters. The van der Waals surface area contributed by atoms with E-state index in [1.54, 1.807) is 0 Å². The molecular weight excluding hydrogens is 266 g/mol. The molecule has 1 amide bonds. The molecule has 2 rings (SSSR count). The average molecular weight is 278 g/mol. The fourth-order valence-corrected chi connectivity index (χ4v) is 2.22. The monoisotopic (exact) mass is 277 g/mol. The van der Waals surface area contributed by atoms with Crippen molar-refractivity contribution in [3.63, 3.8) is 0 Å². The maximum absolute atomic E-state index is 11.8. The zero-order chi connectivity index (χ0) is 11.5. The van der Waals surface area contributed by atoms with Gasteiger partial charge < -0.3 is 5.32 Å². The van der Waals surface area contributed by atoms with Crippen LogP contribution in [0.25, 0.3) is 10.8 Å². The Hall–Kier alpha value is -1.35. The summed E-state index contributed by atoms with van der Waals surface area (Å²) in [6.07, 6.45) is 0. The molecule has 0 aliphatic carbocycles. The third kappa shape index (κ3) is 1.95. The van der Waals surface area contributed by atoms with E-state index in [1.165, 1.54) is 0 Å². The van der Waals surface area contributed by atoms with Crippen molar-refractivity contribution < 1.29 is 4.79 Å². The first-order chi connectivity index (χ1) is 7.74. The Balaban J connectivity index is 2.62. The molecule has 0 aliphatic heterocycles. The predicted molar refractivity (Wildman–Crippen MR) is 69.7 cm³/mol. The highest BCUT2D eigenvalue weighted by atomic mass is 79.9. The van der Waals surface area contributed by atoms with E-state index in [2.05, 4.69) is 21.2 Å². The van der Waals surface area contributed by atoms with E-state index in [0.717, 1.165) is 20.8 Å². The standard InChI is InChI=1S/C13H12BrNO/c1-2-15-13(16)11-7-3-6-10-9(11)5-4-8-12(10)14/h3-8H,2H2,1H3,(H,15,16). The number of halogens is 1. The van der Waals surface area contributed by atoms with Crippen LogP contribution in [-0.2, 0) is 0 Å². The first kappa shape index (κ1) is 11.1. The van der Waals surface area contributed by atoms with E-state index < -0.39 is 0 Å². The molecule has 0 aromatic heterocycles. The van der Waals surface area contributed by atoms with Gasteiger partial charge in [-0.2, -0.15) is 0 Å². The molecule has 0 spiro atoms. The SMILES string of the molecule is CCNC(=O)c1cccc2c(Br)cccc12. The van der Waals surface area contributed by atoms with Crippen LogP contribution in [0.3, 0.4) is 0 Å². The zero-order valence-corrected chi connectivity index (χ0v) is 10.5. The lowest BCUT2D eigenvalue weighted by Crippen LogP contribution is -2.22. The lowest BCUT2D eigenvalue weighted by atomic mass is 10.0. The van der Waals surface area contributed by atoms with Crippen molar-refractivity contribution in [3.8, 4) is 0 Å². The lowest BCUT2D eigenvalue weighted by Gasteiger charge is -2.07. The number of fused-ring (bicyclic) bond motifs is 1. The van der Waals surface area contributed by atoms with Crippen LogP contribution in [0, 0.1) is 0 Å². The van der Waals surface area contributed by atoms with Crippen LogP contribution >= 0.6 is 15.9 Å². The molecule has 0 bridgehead atoms. The molecule has 2 nitrogen and oxygen atoms in total. The summed E-state index contributed by atoms with van der Waals surface area (Å²) < 4.78 is 1.01. The minimum Gasteiger partial charge on any atom is -0.352 e. The molecule has 16 heavy (non-hydrogen) atoms. The highest BCUT2D eigenvalue weighted by molar-refractivity contribution is 9.10.